The molecule has 11 nitrogen and oxygen atoms in total. The summed E-state index contributed by atoms with van der Waals surface area (Å²) in [6, 6.07) is 7.86. The van der Waals surface area contributed by atoms with E-state index in [1.54, 1.807) is 31.2 Å². The Bertz CT molecular complexity index is 1160. The van der Waals surface area contributed by atoms with Gasteiger partial charge >= 0.3 is 5.97 Å². The van der Waals surface area contributed by atoms with Crippen LogP contribution in [0.4, 0.5) is 0 Å². The van der Waals surface area contributed by atoms with E-state index in [1.165, 1.54) is 36.0 Å². The highest BCUT2D eigenvalue weighted by Gasteiger charge is 2.32. The second-order valence-corrected chi connectivity index (χ2v) is 10.9. The summed E-state index contributed by atoms with van der Waals surface area (Å²) in [6.45, 7) is 3.51. The molecule has 3 amide bonds. The van der Waals surface area contributed by atoms with Gasteiger partial charge in [0.15, 0.2) is 0 Å². The van der Waals surface area contributed by atoms with E-state index in [0.29, 0.717) is 29.7 Å². The third-order valence-electron chi connectivity index (χ3n) is 6.76. The molecule has 0 spiro atoms. The number of hydrogen-bond donors (Lipinski definition) is 7. The summed E-state index contributed by atoms with van der Waals surface area (Å²) in [4.78, 5) is 51.7. The van der Waals surface area contributed by atoms with E-state index in [-0.39, 0.29) is 30.3 Å². The maximum absolute atomic E-state index is 13.6. The van der Waals surface area contributed by atoms with E-state index in [1.807, 2.05) is 13.2 Å². The number of hydrogen-bond acceptors (Lipinski definition) is 8. The molecule has 0 heterocycles. The Hall–Kier alpha value is -3.77. The predicted molar refractivity (Wildman–Crippen MR) is 157 cm³/mol. The van der Waals surface area contributed by atoms with Crippen LogP contribution in [-0.2, 0) is 32.0 Å². The van der Waals surface area contributed by atoms with Crippen LogP contribution >= 0.6 is 11.8 Å². The van der Waals surface area contributed by atoms with Crippen molar-refractivity contribution in [2.24, 2.45) is 11.7 Å². The fraction of sp³-hybridized carbons (Fsp3) is 0.448. The first kappa shape index (κ1) is 33.4. The Balaban J connectivity index is 2.34. The summed E-state index contributed by atoms with van der Waals surface area (Å²) in [5.74, 6) is -2.75. The number of phenols is 2. The van der Waals surface area contributed by atoms with E-state index >= 15 is 0 Å². The minimum absolute atomic E-state index is 0.00217. The molecule has 2 aromatic rings. The van der Waals surface area contributed by atoms with Gasteiger partial charge in [-0.15, -0.1) is 0 Å². The first-order valence-corrected chi connectivity index (χ1v) is 14.8. The van der Waals surface area contributed by atoms with Crippen molar-refractivity contribution < 1.29 is 34.5 Å². The van der Waals surface area contributed by atoms with Crippen LogP contribution in [0.1, 0.15) is 37.8 Å². The number of aliphatic carboxylic acids is 1. The molecule has 0 saturated heterocycles. The molecule has 224 valence electrons. The zero-order valence-electron chi connectivity index (χ0n) is 23.5. The molecule has 0 radical (unpaired) electrons. The molecule has 0 bridgehead atoms. The highest BCUT2D eigenvalue weighted by atomic mass is 32.2. The molecule has 2 rings (SSSR count). The van der Waals surface area contributed by atoms with Gasteiger partial charge in [0.25, 0.3) is 0 Å². The molecule has 0 aliphatic heterocycles. The second-order valence-electron chi connectivity index (χ2n) is 9.96. The number of benzene rings is 2. The molecule has 2 aromatic carbocycles. The maximum atomic E-state index is 13.6. The van der Waals surface area contributed by atoms with E-state index < -0.39 is 47.9 Å². The summed E-state index contributed by atoms with van der Waals surface area (Å²) in [5, 5.41) is 36.9. The van der Waals surface area contributed by atoms with Crippen LogP contribution in [0.2, 0.25) is 0 Å². The van der Waals surface area contributed by atoms with Crippen LogP contribution in [0.25, 0.3) is 0 Å². The molecule has 8 N–H and O–H groups in total. The average Bonchev–Trinajstić information content (AvgIpc) is 2.95. The van der Waals surface area contributed by atoms with Gasteiger partial charge in [0.2, 0.25) is 17.7 Å². The number of aromatic hydroxyl groups is 2. The first-order chi connectivity index (χ1) is 19.4. The minimum atomic E-state index is -1.20. The lowest BCUT2D eigenvalue weighted by molar-refractivity contribution is -0.143. The summed E-state index contributed by atoms with van der Waals surface area (Å²) in [6.07, 6.45) is 2.84. The van der Waals surface area contributed by atoms with Crippen molar-refractivity contribution >= 4 is 35.5 Å². The van der Waals surface area contributed by atoms with Crippen molar-refractivity contribution in [1.82, 2.24) is 16.0 Å². The Morgan fingerprint density at radius 1 is 0.805 bits per heavy atom. The van der Waals surface area contributed by atoms with Crippen molar-refractivity contribution in [2.45, 2.75) is 63.7 Å². The fourth-order valence-electron chi connectivity index (χ4n) is 4.02. The van der Waals surface area contributed by atoms with Crippen LogP contribution in [-0.4, -0.2) is 75.2 Å². The Morgan fingerprint density at radius 3 is 1.66 bits per heavy atom. The third kappa shape index (κ3) is 11.0. The van der Waals surface area contributed by atoms with Crippen molar-refractivity contribution in [3.63, 3.8) is 0 Å². The van der Waals surface area contributed by atoms with E-state index in [9.17, 15) is 34.5 Å². The zero-order chi connectivity index (χ0) is 30.5. The number of carboxylic acids is 1. The smallest absolute Gasteiger partial charge is 0.326 e. The van der Waals surface area contributed by atoms with Gasteiger partial charge in [-0.05, 0) is 59.7 Å². The average molecular weight is 589 g/mol. The van der Waals surface area contributed by atoms with Gasteiger partial charge in [0, 0.05) is 12.8 Å². The van der Waals surface area contributed by atoms with Gasteiger partial charge in [-0.2, -0.15) is 11.8 Å². The number of amides is 3. The molecule has 5 atom stereocenters. The summed E-state index contributed by atoms with van der Waals surface area (Å²) < 4.78 is 0. The number of phenolic OH excluding ortho intramolecular Hbond substituents is 2. The fourth-order valence-corrected chi connectivity index (χ4v) is 4.51. The van der Waals surface area contributed by atoms with Crippen LogP contribution in [0.15, 0.2) is 48.5 Å². The summed E-state index contributed by atoms with van der Waals surface area (Å²) in [7, 11) is 0. The van der Waals surface area contributed by atoms with Gasteiger partial charge in [0.05, 0.1) is 6.04 Å². The quantitative estimate of drug-likeness (QED) is 0.152. The number of carbonyl (C=O) groups is 4. The number of carbonyl (C=O) groups excluding carboxylic acids is 3. The Kier molecular flexibility index (Phi) is 13.4. The predicted octanol–water partition coefficient (Wildman–Crippen LogP) is 1.55. The molecule has 12 heteroatoms. The van der Waals surface area contributed by atoms with E-state index in [0.717, 1.165) is 0 Å². The van der Waals surface area contributed by atoms with Crippen LogP contribution in [0.3, 0.4) is 0 Å². The highest BCUT2D eigenvalue weighted by molar-refractivity contribution is 7.98. The van der Waals surface area contributed by atoms with Crippen LogP contribution in [0, 0.1) is 5.92 Å². The largest absolute Gasteiger partial charge is 0.508 e. The van der Waals surface area contributed by atoms with Crippen molar-refractivity contribution in [1.29, 1.82) is 0 Å². The van der Waals surface area contributed by atoms with Gasteiger partial charge in [-0.1, -0.05) is 44.5 Å². The standard InChI is InChI=1S/C29H40N4O7S/c1-4-17(2)25(29(39)40)33-28(38)24(16-19-7-11-21(35)12-8-19)32-27(37)23(15-18-5-9-20(34)10-6-18)31-26(36)22(30)13-14-41-3/h5-12,17,22-25,34-35H,4,13-16,30H2,1-3H3,(H,31,36)(H,32,37)(H,33,38)(H,39,40). The highest BCUT2D eigenvalue weighted by Crippen LogP contribution is 2.15. The molecule has 41 heavy (non-hydrogen) atoms. The van der Waals surface area contributed by atoms with Gasteiger partial charge in [-0.25, -0.2) is 4.79 Å². The number of nitrogens with two attached hydrogens (primary N) is 1. The normalized spacial score (nSPS) is 14.6. The number of thioether (sulfide) groups is 1. The Morgan fingerprint density at radius 2 is 1.24 bits per heavy atom. The molecular weight excluding hydrogens is 548 g/mol. The summed E-state index contributed by atoms with van der Waals surface area (Å²) in [5.41, 5.74) is 7.27. The molecule has 0 aromatic heterocycles. The summed E-state index contributed by atoms with van der Waals surface area (Å²) >= 11 is 1.54. The lowest BCUT2D eigenvalue weighted by Gasteiger charge is -2.27. The first-order valence-electron chi connectivity index (χ1n) is 13.4. The van der Waals surface area contributed by atoms with Crippen LogP contribution < -0.4 is 21.7 Å². The number of rotatable bonds is 16. The second kappa shape index (κ2) is 16.5. The maximum Gasteiger partial charge on any atom is 0.326 e. The van der Waals surface area contributed by atoms with Crippen LogP contribution in [0.5, 0.6) is 11.5 Å². The number of nitrogens with one attached hydrogen (secondary N) is 3. The van der Waals surface area contributed by atoms with E-state index in [2.05, 4.69) is 16.0 Å². The number of carboxylic acid groups (broad SMARTS) is 1. The lowest BCUT2D eigenvalue weighted by Crippen LogP contribution is -2.58. The van der Waals surface area contributed by atoms with Crippen molar-refractivity contribution in [3.05, 3.63) is 59.7 Å². The van der Waals surface area contributed by atoms with Crippen molar-refractivity contribution in [2.75, 3.05) is 12.0 Å². The molecular formula is C29H40N4O7S. The zero-order valence-corrected chi connectivity index (χ0v) is 24.3. The van der Waals surface area contributed by atoms with Crippen molar-refractivity contribution in [3.8, 4) is 11.5 Å². The topological polar surface area (TPSA) is 191 Å². The van der Waals surface area contributed by atoms with E-state index in [4.69, 9.17) is 5.73 Å². The molecule has 0 fully saturated rings. The molecule has 0 aliphatic carbocycles. The SMILES string of the molecule is CCC(C)C(NC(=O)C(Cc1ccc(O)cc1)NC(=O)C(Cc1ccc(O)cc1)NC(=O)C(N)CCSC)C(=O)O. The van der Waals surface area contributed by atoms with Gasteiger partial charge in [0.1, 0.15) is 29.6 Å². The molecule has 0 saturated carbocycles. The molecule has 5 unspecified atom stereocenters. The van der Waals surface area contributed by atoms with Gasteiger partial charge < -0.3 is 37.0 Å². The lowest BCUT2D eigenvalue weighted by atomic mass is 9.97. The monoisotopic (exact) mass is 588 g/mol. The minimum Gasteiger partial charge on any atom is -0.508 e. The Labute approximate surface area is 244 Å². The molecule has 0 aliphatic rings. The third-order valence-corrected chi connectivity index (χ3v) is 7.41. The van der Waals surface area contributed by atoms with Gasteiger partial charge in [-0.3, -0.25) is 14.4 Å².